The lowest BCUT2D eigenvalue weighted by Crippen LogP contribution is -2.30. The van der Waals surface area contributed by atoms with Crippen molar-refractivity contribution < 1.29 is 13.5 Å². The van der Waals surface area contributed by atoms with Gasteiger partial charge in [0.1, 0.15) is 0 Å². The molecule has 0 spiro atoms. The minimum absolute atomic E-state index is 0.0373. The first kappa shape index (κ1) is 19.5. The van der Waals surface area contributed by atoms with Gasteiger partial charge in [-0.05, 0) is 50.1 Å². The van der Waals surface area contributed by atoms with Crippen LogP contribution in [0.15, 0.2) is 35.3 Å². The zero-order valence-electron chi connectivity index (χ0n) is 16.2. The third-order valence-electron chi connectivity index (χ3n) is 4.82. The monoisotopic (exact) mass is 416 g/mol. The number of hydrogen-bond donors (Lipinski definition) is 0. The average Bonchev–Trinajstić information content (AvgIpc) is 3.30. The van der Waals surface area contributed by atoms with Crippen LogP contribution in [0.4, 0.5) is 8.78 Å². The summed E-state index contributed by atoms with van der Waals surface area (Å²) in [6, 6.07) is 8.02. The van der Waals surface area contributed by atoms with E-state index in [0.29, 0.717) is 24.7 Å². The molecule has 3 aromatic rings. The molecule has 29 heavy (non-hydrogen) atoms. The number of aromatic nitrogens is 3. The number of ether oxygens (including phenoxy) is 1. The normalized spacial score (nSPS) is 13.0. The fourth-order valence-electron chi connectivity index (χ4n) is 3.44. The maximum atomic E-state index is 14.2. The maximum absolute atomic E-state index is 14.2. The largest absolute Gasteiger partial charge is 0.474 e. The molecule has 0 unspecified atom stereocenters. The number of aliphatic imine (C=N–C) groups is 1. The van der Waals surface area contributed by atoms with Crippen molar-refractivity contribution in [2.24, 2.45) is 4.99 Å². The molecule has 0 fully saturated rings. The third kappa shape index (κ3) is 3.51. The highest BCUT2D eigenvalue weighted by molar-refractivity contribution is 6.30. The number of rotatable bonds is 5. The van der Waals surface area contributed by atoms with Crippen LogP contribution in [0, 0.1) is 11.6 Å². The Kier molecular flexibility index (Phi) is 4.86. The second-order valence-electron chi connectivity index (χ2n) is 7.29. The summed E-state index contributed by atoms with van der Waals surface area (Å²) in [5.41, 5.74) is 1.97. The van der Waals surface area contributed by atoms with Crippen LogP contribution in [0.3, 0.4) is 0 Å². The first-order valence-electron chi connectivity index (χ1n) is 9.20. The van der Waals surface area contributed by atoms with Crippen LogP contribution in [-0.2, 0) is 18.7 Å². The summed E-state index contributed by atoms with van der Waals surface area (Å²) in [4.78, 5) is 4.27. The van der Waals surface area contributed by atoms with E-state index in [-0.39, 0.29) is 5.02 Å². The molecule has 1 aliphatic heterocycles. The summed E-state index contributed by atoms with van der Waals surface area (Å²) in [6.45, 7) is 6.53. The molecule has 0 amide bonds. The zero-order chi connectivity index (χ0) is 20.8. The van der Waals surface area contributed by atoms with E-state index < -0.39 is 23.0 Å². The Morgan fingerprint density at radius 1 is 1.14 bits per heavy atom. The lowest BCUT2D eigenvalue weighted by Gasteiger charge is -2.26. The van der Waals surface area contributed by atoms with Crippen molar-refractivity contribution in [3.8, 4) is 17.1 Å². The van der Waals surface area contributed by atoms with Crippen LogP contribution in [0.1, 0.15) is 37.7 Å². The highest BCUT2D eigenvalue weighted by atomic mass is 35.5. The molecule has 0 saturated heterocycles. The molecule has 0 N–H and O–H groups in total. The number of hydrogen-bond acceptors (Lipinski definition) is 4. The lowest BCUT2D eigenvalue weighted by molar-refractivity contribution is 0.0827. The van der Waals surface area contributed by atoms with E-state index in [1.807, 2.05) is 35.9 Å². The van der Waals surface area contributed by atoms with Crippen molar-refractivity contribution in [2.75, 3.05) is 0 Å². The van der Waals surface area contributed by atoms with Crippen LogP contribution >= 0.6 is 11.6 Å². The molecule has 2 aromatic carbocycles. The zero-order valence-corrected chi connectivity index (χ0v) is 17.0. The van der Waals surface area contributed by atoms with Crippen LogP contribution in [0.5, 0.6) is 5.75 Å². The molecule has 1 aliphatic rings. The number of fused-ring (bicyclic) bond motifs is 1. The first-order chi connectivity index (χ1) is 13.8. The SMILES string of the molecule is CCn1c(-c2ccc3c(c2)CN=C3)nnc1C(C)(C)Oc1c(F)cc(Cl)cc1F. The van der Waals surface area contributed by atoms with E-state index >= 15 is 0 Å². The van der Waals surface area contributed by atoms with E-state index in [1.54, 1.807) is 13.8 Å². The van der Waals surface area contributed by atoms with Crippen LogP contribution in [0.2, 0.25) is 5.02 Å². The summed E-state index contributed by atoms with van der Waals surface area (Å²) in [7, 11) is 0. The van der Waals surface area contributed by atoms with E-state index in [1.165, 1.54) is 0 Å². The minimum atomic E-state index is -1.14. The summed E-state index contributed by atoms with van der Waals surface area (Å²) in [5, 5.41) is 8.58. The van der Waals surface area contributed by atoms with Gasteiger partial charge in [0.25, 0.3) is 0 Å². The Labute approximate surface area is 172 Å². The number of nitrogens with zero attached hydrogens (tertiary/aromatic N) is 4. The van der Waals surface area contributed by atoms with E-state index in [9.17, 15) is 8.78 Å². The number of benzene rings is 2. The van der Waals surface area contributed by atoms with Crippen molar-refractivity contribution in [3.05, 3.63) is 63.9 Å². The van der Waals surface area contributed by atoms with Gasteiger partial charge in [-0.2, -0.15) is 0 Å². The van der Waals surface area contributed by atoms with Gasteiger partial charge in [0.15, 0.2) is 34.6 Å². The molecule has 0 saturated carbocycles. The summed E-state index contributed by atoms with van der Waals surface area (Å²) in [6.07, 6.45) is 1.85. The summed E-state index contributed by atoms with van der Waals surface area (Å²) in [5.74, 6) is -1.12. The van der Waals surface area contributed by atoms with Gasteiger partial charge in [0.05, 0.1) is 6.54 Å². The van der Waals surface area contributed by atoms with Crippen molar-refractivity contribution in [3.63, 3.8) is 0 Å². The van der Waals surface area contributed by atoms with Gasteiger partial charge in [-0.15, -0.1) is 10.2 Å². The molecule has 0 atom stereocenters. The van der Waals surface area contributed by atoms with Gasteiger partial charge in [0, 0.05) is 23.3 Å². The molecule has 150 valence electrons. The Balaban J connectivity index is 1.72. The maximum Gasteiger partial charge on any atom is 0.192 e. The fourth-order valence-corrected chi connectivity index (χ4v) is 3.63. The Bertz CT molecular complexity index is 1100. The second-order valence-corrected chi connectivity index (χ2v) is 7.72. The molecule has 5 nitrogen and oxygen atoms in total. The van der Waals surface area contributed by atoms with Gasteiger partial charge in [-0.25, -0.2) is 8.78 Å². The van der Waals surface area contributed by atoms with Crippen LogP contribution in [-0.4, -0.2) is 21.0 Å². The van der Waals surface area contributed by atoms with Gasteiger partial charge in [-0.1, -0.05) is 23.7 Å². The van der Waals surface area contributed by atoms with Crippen molar-refractivity contribution in [1.82, 2.24) is 14.8 Å². The van der Waals surface area contributed by atoms with Gasteiger partial charge in [0.2, 0.25) is 0 Å². The Morgan fingerprint density at radius 3 is 2.55 bits per heavy atom. The predicted molar refractivity (Wildman–Crippen MR) is 107 cm³/mol. The molecule has 2 heterocycles. The average molecular weight is 417 g/mol. The summed E-state index contributed by atoms with van der Waals surface area (Å²) >= 11 is 5.70. The molecule has 4 rings (SSSR count). The smallest absolute Gasteiger partial charge is 0.192 e. The van der Waals surface area contributed by atoms with Gasteiger partial charge in [-0.3, -0.25) is 4.99 Å². The van der Waals surface area contributed by atoms with Gasteiger partial charge < -0.3 is 9.30 Å². The van der Waals surface area contributed by atoms with Gasteiger partial charge >= 0.3 is 0 Å². The highest BCUT2D eigenvalue weighted by Crippen LogP contribution is 2.34. The molecular formula is C21H19ClF2N4O. The van der Waals surface area contributed by atoms with Crippen LogP contribution in [0.25, 0.3) is 11.4 Å². The molecule has 0 bridgehead atoms. The molecule has 1 aromatic heterocycles. The fraction of sp³-hybridized carbons (Fsp3) is 0.286. The third-order valence-corrected chi connectivity index (χ3v) is 5.04. The molecule has 0 aliphatic carbocycles. The highest BCUT2D eigenvalue weighted by Gasteiger charge is 2.33. The second kappa shape index (κ2) is 7.22. The molecule has 0 radical (unpaired) electrons. The molecule has 8 heteroatoms. The lowest BCUT2D eigenvalue weighted by atomic mass is 10.1. The first-order valence-corrected chi connectivity index (χ1v) is 9.58. The van der Waals surface area contributed by atoms with E-state index in [2.05, 4.69) is 15.2 Å². The van der Waals surface area contributed by atoms with Crippen molar-refractivity contribution in [2.45, 2.75) is 39.5 Å². The Morgan fingerprint density at radius 2 is 1.86 bits per heavy atom. The number of halogens is 3. The van der Waals surface area contributed by atoms with Crippen LogP contribution < -0.4 is 4.74 Å². The van der Waals surface area contributed by atoms with E-state index in [4.69, 9.17) is 16.3 Å². The van der Waals surface area contributed by atoms with E-state index in [0.717, 1.165) is 28.8 Å². The van der Waals surface area contributed by atoms with Crippen molar-refractivity contribution in [1.29, 1.82) is 0 Å². The quantitative estimate of drug-likeness (QED) is 0.578. The topological polar surface area (TPSA) is 52.3 Å². The van der Waals surface area contributed by atoms with Crippen molar-refractivity contribution >= 4 is 17.8 Å². The Hall–Kier alpha value is -2.80. The standard InChI is InChI=1S/C21H19ClF2N4O/c1-4-28-19(12-5-6-13-10-25-11-14(13)7-12)26-27-20(28)21(2,3)29-18-16(23)8-15(22)9-17(18)24/h5-10H,4,11H2,1-3H3. The predicted octanol–water partition coefficient (Wildman–Crippen LogP) is 5.14. The minimum Gasteiger partial charge on any atom is -0.474 e. The molecular weight excluding hydrogens is 398 g/mol. The summed E-state index contributed by atoms with van der Waals surface area (Å²) < 4.78 is 36.1.